The van der Waals surface area contributed by atoms with Crippen molar-refractivity contribution in [3.05, 3.63) is 0 Å². The fourth-order valence-corrected chi connectivity index (χ4v) is 2.17. The van der Waals surface area contributed by atoms with Crippen LogP contribution in [-0.4, -0.2) is 11.9 Å². The van der Waals surface area contributed by atoms with Gasteiger partial charge in [0.25, 0.3) is 0 Å². The zero-order valence-electron chi connectivity index (χ0n) is 9.26. The summed E-state index contributed by atoms with van der Waals surface area (Å²) in [6.07, 6.45) is 8.50. The first-order chi connectivity index (χ1) is 6.47. The van der Waals surface area contributed by atoms with Gasteiger partial charge in [0.2, 0.25) is 5.91 Å². The Hall–Kier alpha value is -0.970. The Bertz CT molecular complexity index is 262. The Morgan fingerprint density at radius 3 is 2.71 bits per heavy atom. The van der Waals surface area contributed by atoms with Gasteiger partial charge in [-0.2, -0.15) is 0 Å². The van der Waals surface area contributed by atoms with E-state index < -0.39 is 0 Å². The first kappa shape index (κ1) is 11.1. The van der Waals surface area contributed by atoms with Gasteiger partial charge in [0.05, 0.1) is 6.04 Å². The average Bonchev–Trinajstić information content (AvgIpc) is 2.45. The van der Waals surface area contributed by atoms with Gasteiger partial charge in [-0.15, -0.1) is 6.42 Å². The molecule has 0 aliphatic heterocycles. The van der Waals surface area contributed by atoms with Crippen LogP contribution in [-0.2, 0) is 4.79 Å². The summed E-state index contributed by atoms with van der Waals surface area (Å²) in [4.78, 5) is 11.8. The highest BCUT2D eigenvalue weighted by atomic mass is 16.2. The van der Waals surface area contributed by atoms with Crippen molar-refractivity contribution >= 4 is 5.91 Å². The first-order valence-electron chi connectivity index (χ1n) is 5.24. The van der Waals surface area contributed by atoms with Gasteiger partial charge >= 0.3 is 0 Å². The van der Waals surface area contributed by atoms with Gasteiger partial charge in [-0.1, -0.05) is 26.2 Å². The van der Waals surface area contributed by atoms with Crippen LogP contribution in [0, 0.1) is 23.7 Å². The summed E-state index contributed by atoms with van der Waals surface area (Å²) in [6.45, 7) is 6.15. The fraction of sp³-hybridized carbons (Fsp3) is 0.750. The van der Waals surface area contributed by atoms with Crippen molar-refractivity contribution in [1.29, 1.82) is 0 Å². The lowest BCUT2D eigenvalue weighted by Crippen LogP contribution is -2.40. The molecule has 2 heteroatoms. The minimum atomic E-state index is -0.154. The minimum Gasteiger partial charge on any atom is -0.342 e. The highest BCUT2D eigenvalue weighted by Gasteiger charge is 2.39. The van der Waals surface area contributed by atoms with Gasteiger partial charge in [-0.25, -0.2) is 0 Å². The molecule has 2 unspecified atom stereocenters. The predicted molar refractivity (Wildman–Crippen MR) is 57.6 cm³/mol. The van der Waals surface area contributed by atoms with Crippen molar-refractivity contribution in [2.24, 2.45) is 11.3 Å². The predicted octanol–water partition coefficient (Wildman–Crippen LogP) is 1.95. The molecule has 1 fully saturated rings. The molecule has 0 aromatic heterocycles. The number of hydrogen-bond donors (Lipinski definition) is 1. The van der Waals surface area contributed by atoms with Crippen LogP contribution < -0.4 is 5.32 Å². The lowest BCUT2D eigenvalue weighted by molar-refractivity contribution is -0.127. The molecule has 1 aliphatic rings. The van der Waals surface area contributed by atoms with Gasteiger partial charge in [0.15, 0.2) is 0 Å². The van der Waals surface area contributed by atoms with E-state index in [0.717, 1.165) is 19.3 Å². The number of carbonyl (C=O) groups excluding carboxylic acids is 1. The van der Waals surface area contributed by atoms with E-state index in [1.54, 1.807) is 0 Å². The lowest BCUT2D eigenvalue weighted by Gasteiger charge is -2.26. The smallest absolute Gasteiger partial charge is 0.224 e. The van der Waals surface area contributed by atoms with Gasteiger partial charge in [-0.05, 0) is 25.2 Å². The SMILES string of the molecule is C#CC(C)NC(=O)C1CCCC1(C)C. The highest BCUT2D eigenvalue weighted by Crippen LogP contribution is 2.42. The first-order valence-corrected chi connectivity index (χ1v) is 5.24. The Morgan fingerprint density at radius 1 is 1.64 bits per heavy atom. The van der Waals surface area contributed by atoms with E-state index in [4.69, 9.17) is 6.42 Å². The van der Waals surface area contributed by atoms with Gasteiger partial charge in [0, 0.05) is 5.92 Å². The van der Waals surface area contributed by atoms with Crippen LogP contribution in [0.25, 0.3) is 0 Å². The molecule has 1 aliphatic carbocycles. The van der Waals surface area contributed by atoms with Crippen LogP contribution in [0.4, 0.5) is 0 Å². The number of carbonyl (C=O) groups is 1. The summed E-state index contributed by atoms with van der Waals surface area (Å²) in [6, 6.07) is -0.154. The van der Waals surface area contributed by atoms with E-state index in [0.29, 0.717) is 0 Å². The topological polar surface area (TPSA) is 29.1 Å². The maximum atomic E-state index is 11.8. The summed E-state index contributed by atoms with van der Waals surface area (Å²) in [5.41, 5.74) is 0.137. The molecule has 2 nitrogen and oxygen atoms in total. The zero-order chi connectivity index (χ0) is 10.8. The van der Waals surface area contributed by atoms with Crippen LogP contribution in [0.2, 0.25) is 0 Å². The molecule has 0 saturated heterocycles. The number of hydrogen-bond acceptors (Lipinski definition) is 1. The Balaban J connectivity index is 2.58. The largest absolute Gasteiger partial charge is 0.342 e. The van der Waals surface area contributed by atoms with Crippen molar-refractivity contribution in [1.82, 2.24) is 5.32 Å². The fourth-order valence-electron chi connectivity index (χ4n) is 2.17. The molecule has 0 heterocycles. The number of nitrogens with one attached hydrogen (secondary N) is 1. The van der Waals surface area contributed by atoms with Crippen LogP contribution in [0.3, 0.4) is 0 Å². The highest BCUT2D eigenvalue weighted by molar-refractivity contribution is 5.80. The summed E-state index contributed by atoms with van der Waals surface area (Å²) in [7, 11) is 0. The van der Waals surface area contributed by atoms with Gasteiger partial charge < -0.3 is 5.32 Å². The molecule has 14 heavy (non-hydrogen) atoms. The summed E-state index contributed by atoms with van der Waals surface area (Å²) < 4.78 is 0. The second-order valence-corrected chi connectivity index (χ2v) is 4.83. The second kappa shape index (κ2) is 4.04. The third kappa shape index (κ3) is 2.29. The summed E-state index contributed by atoms with van der Waals surface area (Å²) in [5.74, 6) is 2.78. The van der Waals surface area contributed by atoms with Gasteiger partial charge in [-0.3, -0.25) is 4.79 Å². The van der Waals surface area contributed by atoms with Crippen molar-refractivity contribution in [3.63, 3.8) is 0 Å². The van der Waals surface area contributed by atoms with Crippen molar-refractivity contribution in [3.8, 4) is 12.3 Å². The van der Waals surface area contributed by atoms with Crippen LogP contribution >= 0.6 is 0 Å². The molecule has 1 amide bonds. The second-order valence-electron chi connectivity index (χ2n) is 4.83. The molecule has 1 N–H and O–H groups in total. The molecule has 2 atom stereocenters. The van der Waals surface area contributed by atoms with Crippen molar-refractivity contribution in [2.45, 2.75) is 46.1 Å². The van der Waals surface area contributed by atoms with Crippen LogP contribution in [0.15, 0.2) is 0 Å². The van der Waals surface area contributed by atoms with Crippen molar-refractivity contribution < 1.29 is 4.79 Å². The third-order valence-electron chi connectivity index (χ3n) is 3.18. The van der Waals surface area contributed by atoms with E-state index in [1.165, 1.54) is 0 Å². The van der Waals surface area contributed by atoms with E-state index in [1.807, 2.05) is 6.92 Å². The molecule has 1 rings (SSSR count). The maximum Gasteiger partial charge on any atom is 0.224 e. The quantitative estimate of drug-likeness (QED) is 0.667. The maximum absolute atomic E-state index is 11.8. The zero-order valence-corrected chi connectivity index (χ0v) is 9.26. The Labute approximate surface area is 86.5 Å². The van der Waals surface area contributed by atoms with E-state index >= 15 is 0 Å². The molecule has 1 saturated carbocycles. The van der Waals surface area contributed by atoms with E-state index in [2.05, 4.69) is 25.1 Å². The lowest BCUT2D eigenvalue weighted by atomic mass is 9.81. The molecule has 0 radical (unpaired) electrons. The molecular weight excluding hydrogens is 174 g/mol. The summed E-state index contributed by atoms with van der Waals surface area (Å²) in [5, 5.41) is 2.85. The minimum absolute atomic E-state index is 0.123. The van der Waals surface area contributed by atoms with Crippen molar-refractivity contribution in [2.75, 3.05) is 0 Å². The molecule has 0 aromatic rings. The van der Waals surface area contributed by atoms with Gasteiger partial charge in [0.1, 0.15) is 0 Å². The molecule has 0 aromatic carbocycles. The van der Waals surface area contributed by atoms with E-state index in [9.17, 15) is 4.79 Å². The van der Waals surface area contributed by atoms with E-state index in [-0.39, 0.29) is 23.3 Å². The number of terminal acetylenes is 1. The molecular formula is C12H19NO. The number of rotatable bonds is 2. The third-order valence-corrected chi connectivity index (χ3v) is 3.18. The molecule has 78 valence electrons. The van der Waals surface area contributed by atoms with Crippen LogP contribution in [0.1, 0.15) is 40.0 Å². The average molecular weight is 193 g/mol. The Kier molecular flexibility index (Phi) is 3.21. The normalized spacial score (nSPS) is 26.6. The Morgan fingerprint density at radius 2 is 2.29 bits per heavy atom. The number of amides is 1. The summed E-state index contributed by atoms with van der Waals surface area (Å²) >= 11 is 0. The molecule has 0 bridgehead atoms. The molecule has 0 spiro atoms. The monoisotopic (exact) mass is 193 g/mol. The van der Waals surface area contributed by atoms with Crippen LogP contribution in [0.5, 0.6) is 0 Å². The standard InChI is InChI=1S/C12H19NO/c1-5-9(2)13-11(14)10-7-6-8-12(10,3)4/h1,9-10H,6-8H2,2-4H3,(H,13,14).